The highest BCUT2D eigenvalue weighted by molar-refractivity contribution is 6.35. The number of carbonyl (C=O) groups excluding carboxylic acids is 3. The van der Waals surface area contributed by atoms with Gasteiger partial charge in [-0.05, 0) is 42.4 Å². The fraction of sp³-hybridized carbons (Fsp3) is 0.542. The number of carbonyl (C=O) groups is 3. The lowest BCUT2D eigenvalue weighted by Gasteiger charge is -2.37. The molecule has 2 unspecified atom stereocenters. The molecule has 1 saturated heterocycles. The van der Waals surface area contributed by atoms with Crippen LogP contribution in [0, 0.1) is 11.8 Å². The van der Waals surface area contributed by atoms with E-state index in [0.717, 1.165) is 44.3 Å². The zero-order chi connectivity index (χ0) is 21.8. The molecule has 6 heteroatoms. The Labute approximate surface area is 179 Å². The molecule has 0 radical (unpaired) electrons. The fourth-order valence-corrected chi connectivity index (χ4v) is 4.61. The van der Waals surface area contributed by atoms with Crippen molar-refractivity contribution < 1.29 is 14.4 Å². The summed E-state index contributed by atoms with van der Waals surface area (Å²) in [6.45, 7) is 10.00. The molecule has 2 aliphatic heterocycles. The van der Waals surface area contributed by atoms with Gasteiger partial charge in [-0.1, -0.05) is 45.7 Å². The molecule has 0 bridgehead atoms. The van der Waals surface area contributed by atoms with Crippen LogP contribution in [0.1, 0.15) is 58.9 Å². The average Bonchev–Trinajstić information content (AvgIpc) is 2.92. The molecule has 0 saturated carbocycles. The molecule has 1 aromatic carbocycles. The summed E-state index contributed by atoms with van der Waals surface area (Å²) in [6, 6.07) is 7.19. The zero-order valence-corrected chi connectivity index (χ0v) is 18.5. The minimum Gasteiger partial charge on any atom is -0.366 e. The first-order valence-electron chi connectivity index (χ1n) is 11.0. The highest BCUT2D eigenvalue weighted by Crippen LogP contribution is 2.35. The van der Waals surface area contributed by atoms with Crippen molar-refractivity contribution in [1.29, 1.82) is 0 Å². The summed E-state index contributed by atoms with van der Waals surface area (Å²) in [5, 5.41) is 2.74. The Morgan fingerprint density at radius 2 is 1.67 bits per heavy atom. The molecular weight excluding hydrogens is 378 g/mol. The van der Waals surface area contributed by atoms with Crippen LogP contribution in [-0.4, -0.2) is 47.2 Å². The van der Waals surface area contributed by atoms with Gasteiger partial charge >= 0.3 is 0 Å². The van der Waals surface area contributed by atoms with Crippen LogP contribution in [0.2, 0.25) is 0 Å². The van der Waals surface area contributed by atoms with Crippen molar-refractivity contribution in [3.05, 3.63) is 35.5 Å². The smallest absolute Gasteiger partial charge is 0.277 e. The van der Waals surface area contributed by atoms with Crippen LogP contribution in [-0.2, 0) is 14.4 Å². The van der Waals surface area contributed by atoms with Gasteiger partial charge in [0, 0.05) is 32.2 Å². The SMILES string of the molecule is CCCCCN1C(=O)C(c2ccc(NC(C)=O)cc2)=C(N2CC(C)CC(C)C2)C1=O. The van der Waals surface area contributed by atoms with Crippen molar-refractivity contribution in [2.45, 2.75) is 53.4 Å². The van der Waals surface area contributed by atoms with Crippen LogP contribution < -0.4 is 5.32 Å². The number of anilines is 1. The van der Waals surface area contributed by atoms with Gasteiger partial charge in [-0.2, -0.15) is 0 Å². The maximum Gasteiger partial charge on any atom is 0.277 e. The summed E-state index contributed by atoms with van der Waals surface area (Å²) in [7, 11) is 0. The first-order valence-corrected chi connectivity index (χ1v) is 11.0. The largest absolute Gasteiger partial charge is 0.366 e. The zero-order valence-electron chi connectivity index (χ0n) is 18.5. The predicted molar refractivity (Wildman–Crippen MR) is 118 cm³/mol. The molecule has 0 aromatic heterocycles. The van der Waals surface area contributed by atoms with E-state index in [2.05, 4.69) is 31.0 Å². The number of likely N-dealkylation sites (tertiary alicyclic amines) is 1. The highest BCUT2D eigenvalue weighted by atomic mass is 16.2. The number of piperidine rings is 1. The lowest BCUT2D eigenvalue weighted by Crippen LogP contribution is -2.42. The third kappa shape index (κ3) is 4.74. The minimum absolute atomic E-state index is 0.145. The molecule has 3 amide bonds. The molecule has 2 atom stereocenters. The van der Waals surface area contributed by atoms with E-state index in [1.165, 1.54) is 11.8 Å². The standard InChI is InChI=1S/C24H33N3O3/c1-5-6-7-12-27-23(29)21(19-8-10-20(11-9-19)25-18(4)28)22(24(27)30)26-14-16(2)13-17(3)15-26/h8-11,16-17H,5-7,12-15H2,1-4H3,(H,25,28). The van der Waals surface area contributed by atoms with E-state index in [1.807, 2.05) is 12.1 Å². The molecule has 6 nitrogen and oxygen atoms in total. The number of nitrogens with zero attached hydrogens (tertiary/aromatic N) is 2. The van der Waals surface area contributed by atoms with Crippen molar-refractivity contribution >= 4 is 29.0 Å². The van der Waals surface area contributed by atoms with Crippen molar-refractivity contribution in [3.63, 3.8) is 0 Å². The third-order valence-electron chi connectivity index (χ3n) is 5.81. The normalized spacial score (nSPS) is 22.1. The van der Waals surface area contributed by atoms with Gasteiger partial charge in [0.05, 0.1) is 5.57 Å². The Bertz CT molecular complexity index is 834. The van der Waals surface area contributed by atoms with Gasteiger partial charge in [0.2, 0.25) is 5.91 Å². The lowest BCUT2D eigenvalue weighted by molar-refractivity contribution is -0.137. The summed E-state index contributed by atoms with van der Waals surface area (Å²) in [4.78, 5) is 41.6. The molecule has 3 rings (SSSR count). The number of nitrogens with one attached hydrogen (secondary N) is 1. The predicted octanol–water partition coefficient (Wildman–Crippen LogP) is 3.89. The summed E-state index contributed by atoms with van der Waals surface area (Å²) in [6.07, 6.45) is 3.98. The number of amides is 3. The molecule has 0 spiro atoms. The van der Waals surface area contributed by atoms with E-state index in [9.17, 15) is 14.4 Å². The number of benzene rings is 1. The molecular formula is C24H33N3O3. The summed E-state index contributed by atoms with van der Waals surface area (Å²) in [5.74, 6) is 0.430. The van der Waals surface area contributed by atoms with Gasteiger partial charge in [0.1, 0.15) is 5.70 Å². The molecule has 162 valence electrons. The summed E-state index contributed by atoms with van der Waals surface area (Å²) < 4.78 is 0. The average molecular weight is 412 g/mol. The van der Waals surface area contributed by atoms with Gasteiger partial charge in [0.15, 0.2) is 0 Å². The van der Waals surface area contributed by atoms with Crippen LogP contribution in [0.5, 0.6) is 0 Å². The summed E-state index contributed by atoms with van der Waals surface area (Å²) in [5.41, 5.74) is 2.43. The van der Waals surface area contributed by atoms with Crippen molar-refractivity contribution in [1.82, 2.24) is 9.80 Å². The van der Waals surface area contributed by atoms with E-state index in [4.69, 9.17) is 0 Å². The number of imide groups is 1. The van der Waals surface area contributed by atoms with E-state index >= 15 is 0 Å². The first-order chi connectivity index (χ1) is 14.3. The molecule has 30 heavy (non-hydrogen) atoms. The van der Waals surface area contributed by atoms with Crippen LogP contribution in [0.4, 0.5) is 5.69 Å². The Morgan fingerprint density at radius 1 is 1.03 bits per heavy atom. The molecule has 1 aromatic rings. The Hall–Kier alpha value is -2.63. The second-order valence-corrected chi connectivity index (χ2v) is 8.80. The van der Waals surface area contributed by atoms with Crippen LogP contribution in [0.15, 0.2) is 30.0 Å². The number of rotatable bonds is 7. The monoisotopic (exact) mass is 411 g/mol. The van der Waals surface area contributed by atoms with Gasteiger partial charge in [-0.3, -0.25) is 19.3 Å². The van der Waals surface area contributed by atoms with E-state index in [0.29, 0.717) is 35.3 Å². The molecule has 2 aliphatic rings. The maximum atomic E-state index is 13.4. The molecule has 0 aliphatic carbocycles. The van der Waals surface area contributed by atoms with Crippen LogP contribution >= 0.6 is 0 Å². The lowest BCUT2D eigenvalue weighted by atomic mass is 9.91. The number of hydrogen-bond acceptors (Lipinski definition) is 4. The van der Waals surface area contributed by atoms with Gasteiger partial charge in [-0.15, -0.1) is 0 Å². The third-order valence-corrected chi connectivity index (χ3v) is 5.81. The fourth-order valence-electron chi connectivity index (χ4n) is 4.61. The molecule has 1 fully saturated rings. The van der Waals surface area contributed by atoms with Gasteiger partial charge in [-0.25, -0.2) is 0 Å². The van der Waals surface area contributed by atoms with Crippen molar-refractivity contribution in [2.24, 2.45) is 11.8 Å². The van der Waals surface area contributed by atoms with Gasteiger partial charge in [0.25, 0.3) is 11.8 Å². The first kappa shape index (κ1) is 22.1. The quantitative estimate of drug-likeness (QED) is 0.546. The number of hydrogen-bond donors (Lipinski definition) is 1. The topological polar surface area (TPSA) is 69.7 Å². The van der Waals surface area contributed by atoms with E-state index in [1.54, 1.807) is 12.1 Å². The maximum absolute atomic E-state index is 13.4. The highest BCUT2D eigenvalue weighted by Gasteiger charge is 2.42. The second kappa shape index (κ2) is 9.45. The Balaban J connectivity index is 1.98. The Morgan fingerprint density at radius 3 is 2.23 bits per heavy atom. The van der Waals surface area contributed by atoms with Gasteiger partial charge < -0.3 is 10.2 Å². The van der Waals surface area contributed by atoms with Crippen LogP contribution in [0.25, 0.3) is 5.57 Å². The van der Waals surface area contributed by atoms with Crippen LogP contribution in [0.3, 0.4) is 0 Å². The molecule has 1 N–H and O–H groups in total. The second-order valence-electron chi connectivity index (χ2n) is 8.80. The van der Waals surface area contributed by atoms with E-state index < -0.39 is 0 Å². The van der Waals surface area contributed by atoms with Crippen molar-refractivity contribution in [2.75, 3.05) is 25.0 Å². The number of unbranched alkanes of at least 4 members (excludes halogenated alkanes) is 2. The summed E-state index contributed by atoms with van der Waals surface area (Å²) >= 11 is 0. The molecule has 2 heterocycles. The minimum atomic E-state index is -0.204. The van der Waals surface area contributed by atoms with Crippen molar-refractivity contribution in [3.8, 4) is 0 Å². The van der Waals surface area contributed by atoms with E-state index in [-0.39, 0.29) is 17.7 Å². The Kier molecular flexibility index (Phi) is 6.95.